The largest absolute Gasteiger partial charge is 0.392 e. The van der Waals surface area contributed by atoms with Crippen molar-refractivity contribution in [1.82, 2.24) is 20.0 Å². The van der Waals surface area contributed by atoms with Gasteiger partial charge in [0.25, 0.3) is 5.91 Å². The van der Waals surface area contributed by atoms with Crippen LogP contribution in [0, 0.1) is 13.8 Å². The molecule has 28 heavy (non-hydrogen) atoms. The molecule has 0 unspecified atom stereocenters. The summed E-state index contributed by atoms with van der Waals surface area (Å²) in [6.07, 6.45) is 1.89. The number of piperidine rings is 1. The molecule has 4 heterocycles. The Morgan fingerprint density at radius 2 is 2.25 bits per heavy atom. The van der Waals surface area contributed by atoms with Crippen LogP contribution in [0.2, 0.25) is 0 Å². The average molecular weight is 398 g/mol. The summed E-state index contributed by atoms with van der Waals surface area (Å²) in [4.78, 5) is 23.6. The van der Waals surface area contributed by atoms with E-state index in [-0.39, 0.29) is 18.4 Å². The first-order valence-corrected chi connectivity index (χ1v) is 10.2. The van der Waals surface area contributed by atoms with Crippen molar-refractivity contribution in [3.63, 3.8) is 0 Å². The Bertz CT molecular complexity index is 964. The Kier molecular flexibility index (Phi) is 5.23. The van der Waals surface area contributed by atoms with E-state index < -0.39 is 0 Å². The summed E-state index contributed by atoms with van der Waals surface area (Å²) in [6.45, 7) is 4.96. The van der Waals surface area contributed by atoms with Crippen molar-refractivity contribution < 1.29 is 14.4 Å². The highest BCUT2D eigenvalue weighted by atomic mass is 32.1. The minimum Gasteiger partial charge on any atom is -0.392 e. The molecule has 8 heteroatoms. The first-order valence-electron chi connectivity index (χ1n) is 9.30. The highest BCUT2D eigenvalue weighted by molar-refractivity contribution is 7.07. The number of aryl methyl sites for hydroxylation is 2. The van der Waals surface area contributed by atoms with E-state index in [1.807, 2.05) is 30.9 Å². The maximum Gasteiger partial charge on any atom is 0.273 e. The van der Waals surface area contributed by atoms with Crippen LogP contribution in [0.3, 0.4) is 0 Å². The average Bonchev–Trinajstić information content (AvgIpc) is 3.37. The van der Waals surface area contributed by atoms with Gasteiger partial charge in [0.15, 0.2) is 0 Å². The van der Waals surface area contributed by atoms with Crippen LogP contribution in [0.25, 0.3) is 11.3 Å². The quantitative estimate of drug-likeness (QED) is 0.725. The Labute approximate surface area is 167 Å². The van der Waals surface area contributed by atoms with Crippen LogP contribution in [-0.4, -0.2) is 44.1 Å². The lowest BCUT2D eigenvalue weighted by molar-refractivity contribution is 0.0701. The van der Waals surface area contributed by atoms with Gasteiger partial charge in [-0.25, -0.2) is 4.98 Å². The third kappa shape index (κ3) is 3.45. The number of carbonyl (C=O) groups excluding carboxylic acids is 1. The molecule has 3 aromatic rings. The van der Waals surface area contributed by atoms with E-state index in [4.69, 9.17) is 9.51 Å². The molecule has 0 spiro atoms. The Morgan fingerprint density at radius 3 is 2.93 bits per heavy atom. The number of nitrogens with zero attached hydrogens (tertiary/aromatic N) is 4. The second-order valence-electron chi connectivity index (χ2n) is 7.07. The fraction of sp³-hybridized carbons (Fsp3) is 0.400. The third-order valence-electron chi connectivity index (χ3n) is 5.22. The summed E-state index contributed by atoms with van der Waals surface area (Å²) >= 11 is 1.43. The highest BCUT2D eigenvalue weighted by Crippen LogP contribution is 2.32. The predicted octanol–water partition coefficient (Wildman–Crippen LogP) is 3.32. The summed E-state index contributed by atoms with van der Waals surface area (Å²) in [5, 5.41) is 15.6. The topological polar surface area (TPSA) is 92.4 Å². The zero-order valence-corrected chi connectivity index (χ0v) is 16.7. The van der Waals surface area contributed by atoms with Gasteiger partial charge in [0, 0.05) is 35.6 Å². The van der Waals surface area contributed by atoms with E-state index in [1.54, 1.807) is 10.9 Å². The molecule has 0 saturated carbocycles. The molecule has 146 valence electrons. The van der Waals surface area contributed by atoms with Gasteiger partial charge in [0.1, 0.15) is 11.5 Å². The molecule has 0 aromatic carbocycles. The van der Waals surface area contributed by atoms with Gasteiger partial charge < -0.3 is 14.5 Å². The molecule has 1 aliphatic rings. The molecule has 1 amide bonds. The van der Waals surface area contributed by atoms with E-state index in [2.05, 4.69) is 10.1 Å². The van der Waals surface area contributed by atoms with Gasteiger partial charge in [0.2, 0.25) is 0 Å². The molecule has 1 saturated heterocycles. The van der Waals surface area contributed by atoms with Crippen LogP contribution in [0.4, 0.5) is 0 Å². The lowest BCUT2D eigenvalue weighted by atomic mass is 9.92. The summed E-state index contributed by atoms with van der Waals surface area (Å²) in [5.41, 5.74) is 6.13. The second-order valence-corrected chi connectivity index (χ2v) is 7.78. The molecule has 1 aliphatic heterocycles. The van der Waals surface area contributed by atoms with E-state index in [1.165, 1.54) is 11.3 Å². The van der Waals surface area contributed by atoms with Crippen molar-refractivity contribution in [2.75, 3.05) is 13.1 Å². The highest BCUT2D eigenvalue weighted by Gasteiger charge is 2.28. The number of amides is 1. The van der Waals surface area contributed by atoms with Crippen LogP contribution < -0.4 is 0 Å². The SMILES string of the molecule is Cc1noc(C)c1-c1nc([C@H]2CCCN(C(=O)c3cscn3)C2)ccc1CO. The van der Waals surface area contributed by atoms with E-state index in [0.29, 0.717) is 23.7 Å². The number of pyridine rings is 1. The monoisotopic (exact) mass is 398 g/mol. The van der Waals surface area contributed by atoms with Gasteiger partial charge in [-0.3, -0.25) is 9.78 Å². The summed E-state index contributed by atoms with van der Waals surface area (Å²) in [6, 6.07) is 3.86. The summed E-state index contributed by atoms with van der Waals surface area (Å²) in [7, 11) is 0. The minimum atomic E-state index is -0.105. The van der Waals surface area contributed by atoms with Crippen LogP contribution >= 0.6 is 11.3 Å². The number of aliphatic hydroxyl groups is 1. The van der Waals surface area contributed by atoms with Crippen LogP contribution in [-0.2, 0) is 6.61 Å². The van der Waals surface area contributed by atoms with Crippen molar-refractivity contribution in [2.24, 2.45) is 0 Å². The molecule has 4 rings (SSSR count). The predicted molar refractivity (Wildman–Crippen MR) is 105 cm³/mol. The molecule has 1 fully saturated rings. The van der Waals surface area contributed by atoms with Crippen molar-refractivity contribution in [3.8, 4) is 11.3 Å². The summed E-state index contributed by atoms with van der Waals surface area (Å²) in [5.74, 6) is 0.799. The van der Waals surface area contributed by atoms with Crippen molar-refractivity contribution in [2.45, 2.75) is 39.2 Å². The standard InChI is InChI=1S/C20H22N4O3S/c1-12-18(13(2)27-23-12)19-15(9-25)5-6-16(22-19)14-4-3-7-24(8-14)20(26)17-10-28-11-21-17/h5-6,10-11,14,25H,3-4,7-9H2,1-2H3/t14-/m0/s1. The smallest absolute Gasteiger partial charge is 0.273 e. The van der Waals surface area contributed by atoms with Gasteiger partial charge >= 0.3 is 0 Å². The molecule has 0 aliphatic carbocycles. The van der Waals surface area contributed by atoms with E-state index in [0.717, 1.165) is 41.9 Å². The molecular formula is C20H22N4O3S. The number of hydrogen-bond donors (Lipinski definition) is 1. The van der Waals surface area contributed by atoms with Crippen molar-refractivity contribution in [1.29, 1.82) is 0 Å². The Balaban J connectivity index is 1.64. The normalized spacial score (nSPS) is 17.1. The molecule has 1 N–H and O–H groups in total. The maximum atomic E-state index is 12.7. The van der Waals surface area contributed by atoms with Gasteiger partial charge in [-0.15, -0.1) is 11.3 Å². The lowest BCUT2D eigenvalue weighted by Gasteiger charge is -2.32. The van der Waals surface area contributed by atoms with Crippen LogP contribution in [0.15, 0.2) is 27.5 Å². The molecular weight excluding hydrogens is 376 g/mol. The molecule has 3 aromatic heterocycles. The van der Waals surface area contributed by atoms with Crippen LogP contribution in [0.5, 0.6) is 0 Å². The number of aliphatic hydroxyl groups excluding tert-OH is 1. The molecule has 0 bridgehead atoms. The van der Waals surface area contributed by atoms with Gasteiger partial charge in [-0.05, 0) is 32.8 Å². The fourth-order valence-corrected chi connectivity index (χ4v) is 4.30. The number of thiazole rings is 1. The third-order valence-corrected chi connectivity index (χ3v) is 5.81. The molecule has 7 nitrogen and oxygen atoms in total. The zero-order chi connectivity index (χ0) is 19.7. The van der Waals surface area contributed by atoms with Gasteiger partial charge in [0.05, 0.1) is 29.1 Å². The number of aromatic nitrogens is 3. The number of hydrogen-bond acceptors (Lipinski definition) is 7. The summed E-state index contributed by atoms with van der Waals surface area (Å²) < 4.78 is 5.29. The number of carbonyl (C=O) groups is 1. The lowest BCUT2D eigenvalue weighted by Crippen LogP contribution is -2.39. The van der Waals surface area contributed by atoms with Crippen molar-refractivity contribution >= 4 is 17.2 Å². The Morgan fingerprint density at radius 1 is 1.39 bits per heavy atom. The zero-order valence-electron chi connectivity index (χ0n) is 15.9. The first kappa shape index (κ1) is 18.8. The van der Waals surface area contributed by atoms with Crippen molar-refractivity contribution in [3.05, 3.63) is 51.4 Å². The van der Waals surface area contributed by atoms with Crippen LogP contribution in [0.1, 0.15) is 52.0 Å². The minimum absolute atomic E-state index is 0.0242. The second kappa shape index (κ2) is 7.81. The Hall–Kier alpha value is -2.58. The van der Waals surface area contributed by atoms with E-state index in [9.17, 15) is 9.90 Å². The first-order chi connectivity index (χ1) is 13.6. The van der Waals surface area contributed by atoms with E-state index >= 15 is 0 Å². The van der Waals surface area contributed by atoms with Gasteiger partial charge in [-0.2, -0.15) is 0 Å². The fourth-order valence-electron chi connectivity index (χ4n) is 3.78. The van der Waals surface area contributed by atoms with Gasteiger partial charge in [-0.1, -0.05) is 11.2 Å². The number of likely N-dealkylation sites (tertiary alicyclic amines) is 1. The molecule has 0 radical (unpaired) electrons. The molecule has 1 atom stereocenters. The maximum absolute atomic E-state index is 12.7. The number of rotatable bonds is 4.